The lowest BCUT2D eigenvalue weighted by molar-refractivity contribution is -0.138. The van der Waals surface area contributed by atoms with Crippen molar-refractivity contribution in [2.45, 2.75) is 0 Å². The van der Waals surface area contributed by atoms with E-state index in [1.807, 2.05) is 36.5 Å². The van der Waals surface area contributed by atoms with Gasteiger partial charge >= 0.3 is 0 Å². The number of aryl methyl sites for hydroxylation is 1. The number of amides is 1. The molecule has 1 aromatic heterocycles. The van der Waals surface area contributed by atoms with Crippen LogP contribution in [0.25, 0.3) is 17.0 Å². The average Bonchev–Trinajstić information content (AvgIpc) is 3.06. The molecule has 0 aliphatic carbocycles. The molecule has 124 valence electrons. The largest absolute Gasteiger partial charge is 0.379 e. The maximum absolute atomic E-state index is 12.8. The van der Waals surface area contributed by atoms with E-state index in [1.54, 1.807) is 5.01 Å². The van der Waals surface area contributed by atoms with Crippen molar-refractivity contribution in [3.05, 3.63) is 40.9 Å². The van der Waals surface area contributed by atoms with E-state index in [1.165, 1.54) is 11.8 Å². The molecular weight excluding hydrogens is 342 g/mol. The molecule has 5 nitrogen and oxygen atoms in total. The normalized spacial score (nSPS) is 21.4. The summed E-state index contributed by atoms with van der Waals surface area (Å²) >= 11 is 6.80. The number of carbonyl (C=O) groups excluding carboxylic acids is 1. The Morgan fingerprint density at radius 1 is 1.25 bits per heavy atom. The summed E-state index contributed by atoms with van der Waals surface area (Å²) in [5.74, 6) is -0.0418. The summed E-state index contributed by atoms with van der Waals surface area (Å²) in [7, 11) is 2.01. The number of hydrogen-bond acceptors (Lipinski definition) is 5. The van der Waals surface area contributed by atoms with E-state index in [-0.39, 0.29) is 5.91 Å². The van der Waals surface area contributed by atoms with Crippen molar-refractivity contribution >= 4 is 51.2 Å². The first-order chi connectivity index (χ1) is 11.6. The van der Waals surface area contributed by atoms with E-state index in [9.17, 15) is 4.79 Å². The molecule has 2 aliphatic rings. The lowest BCUT2D eigenvalue weighted by Gasteiger charge is -2.33. The Morgan fingerprint density at radius 3 is 2.79 bits per heavy atom. The van der Waals surface area contributed by atoms with Gasteiger partial charge in [-0.15, -0.1) is 0 Å². The van der Waals surface area contributed by atoms with Crippen LogP contribution in [0.5, 0.6) is 0 Å². The van der Waals surface area contributed by atoms with Crippen molar-refractivity contribution in [3.8, 4) is 0 Å². The summed E-state index contributed by atoms with van der Waals surface area (Å²) in [5.41, 5.74) is 2.18. The molecule has 0 unspecified atom stereocenters. The van der Waals surface area contributed by atoms with Gasteiger partial charge in [0.2, 0.25) is 0 Å². The van der Waals surface area contributed by atoms with Crippen LogP contribution in [0.15, 0.2) is 35.4 Å². The molecule has 7 heteroatoms. The van der Waals surface area contributed by atoms with Gasteiger partial charge in [0.1, 0.15) is 0 Å². The summed E-state index contributed by atoms with van der Waals surface area (Å²) in [6, 6.07) is 8.18. The Labute approximate surface area is 149 Å². The van der Waals surface area contributed by atoms with Crippen molar-refractivity contribution in [1.82, 2.24) is 14.6 Å². The number of para-hydroxylation sites is 1. The minimum atomic E-state index is -0.0418. The van der Waals surface area contributed by atoms with Gasteiger partial charge in [-0.05, 0) is 12.1 Å². The molecule has 0 saturated carbocycles. The third-order valence-electron chi connectivity index (χ3n) is 4.26. The monoisotopic (exact) mass is 359 g/mol. The molecule has 3 heterocycles. The number of rotatable bonds is 2. The second-order valence-corrected chi connectivity index (χ2v) is 7.45. The van der Waals surface area contributed by atoms with Crippen LogP contribution in [0.3, 0.4) is 0 Å². The number of ether oxygens (including phenoxy) is 1. The highest BCUT2D eigenvalue weighted by molar-refractivity contribution is 8.26. The molecule has 0 spiro atoms. The molecule has 0 atom stereocenters. The number of fused-ring (bicyclic) bond motifs is 1. The van der Waals surface area contributed by atoms with Gasteiger partial charge in [0.05, 0.1) is 18.1 Å². The van der Waals surface area contributed by atoms with Gasteiger partial charge in [-0.3, -0.25) is 4.79 Å². The van der Waals surface area contributed by atoms with Crippen molar-refractivity contribution in [1.29, 1.82) is 0 Å². The van der Waals surface area contributed by atoms with Crippen LogP contribution in [0, 0.1) is 0 Å². The molecule has 24 heavy (non-hydrogen) atoms. The third kappa shape index (κ3) is 2.67. The van der Waals surface area contributed by atoms with Crippen LogP contribution >= 0.6 is 24.0 Å². The fourth-order valence-electron chi connectivity index (χ4n) is 3.09. The van der Waals surface area contributed by atoms with Crippen LogP contribution in [0.4, 0.5) is 0 Å². The Hall–Kier alpha value is -1.67. The molecule has 2 aliphatic heterocycles. The third-order valence-corrected chi connectivity index (χ3v) is 5.54. The topological polar surface area (TPSA) is 37.7 Å². The number of carbonyl (C=O) groups is 1. The number of benzene rings is 1. The van der Waals surface area contributed by atoms with E-state index < -0.39 is 0 Å². The number of morpholine rings is 1. The zero-order valence-electron chi connectivity index (χ0n) is 13.3. The standard InChI is InChI=1S/C17H17N3O2S2/c1-18-11-12(13-4-2-3-5-14(13)18)10-15-16(21)20(17(23)24-15)19-6-8-22-9-7-19/h2-5,10-11H,6-9H2,1H3/b15-10+. The SMILES string of the molecule is Cn1cc(/C=C2/SC(=S)N(N3CCOCC3)C2=O)c2ccccc21. The molecule has 2 fully saturated rings. The number of nitrogens with zero attached hydrogens (tertiary/aromatic N) is 3. The zero-order chi connectivity index (χ0) is 16.7. The molecule has 2 aromatic rings. The van der Waals surface area contributed by atoms with Gasteiger partial charge in [0, 0.05) is 42.8 Å². The first-order valence-electron chi connectivity index (χ1n) is 7.80. The summed E-state index contributed by atoms with van der Waals surface area (Å²) in [6.45, 7) is 2.63. The number of hydrogen-bond donors (Lipinski definition) is 0. The quantitative estimate of drug-likeness (QED) is 0.609. The number of thioether (sulfide) groups is 1. The van der Waals surface area contributed by atoms with Crippen molar-refractivity contribution in [3.63, 3.8) is 0 Å². The van der Waals surface area contributed by atoms with Crippen molar-refractivity contribution in [2.24, 2.45) is 7.05 Å². The van der Waals surface area contributed by atoms with Gasteiger partial charge in [0.15, 0.2) is 4.32 Å². The van der Waals surface area contributed by atoms with E-state index in [4.69, 9.17) is 17.0 Å². The number of thiocarbonyl (C=S) groups is 1. The Kier molecular flexibility index (Phi) is 4.17. The van der Waals surface area contributed by atoms with E-state index >= 15 is 0 Å². The maximum Gasteiger partial charge on any atom is 0.280 e. The second kappa shape index (κ2) is 6.33. The van der Waals surface area contributed by atoms with Crippen LogP contribution in [0.1, 0.15) is 5.56 Å². The molecule has 2 saturated heterocycles. The second-order valence-electron chi connectivity index (χ2n) is 5.77. The van der Waals surface area contributed by atoms with Crippen LogP contribution in [0.2, 0.25) is 0 Å². The molecule has 1 amide bonds. The molecule has 0 N–H and O–H groups in total. The van der Waals surface area contributed by atoms with E-state index in [0.717, 1.165) is 16.5 Å². The summed E-state index contributed by atoms with van der Waals surface area (Å²) in [5, 5.41) is 4.74. The maximum atomic E-state index is 12.8. The Bertz CT molecular complexity index is 853. The smallest absolute Gasteiger partial charge is 0.280 e. The first-order valence-corrected chi connectivity index (χ1v) is 9.02. The Morgan fingerprint density at radius 2 is 2.00 bits per heavy atom. The van der Waals surface area contributed by atoms with Crippen LogP contribution < -0.4 is 0 Å². The Balaban J connectivity index is 1.67. The summed E-state index contributed by atoms with van der Waals surface area (Å²) < 4.78 is 8.02. The fraction of sp³-hybridized carbons (Fsp3) is 0.294. The summed E-state index contributed by atoms with van der Waals surface area (Å²) in [6.07, 6.45) is 3.99. The van der Waals surface area contributed by atoms with E-state index in [2.05, 4.69) is 16.7 Å². The lowest BCUT2D eigenvalue weighted by atomic mass is 10.1. The van der Waals surface area contributed by atoms with Crippen molar-refractivity contribution in [2.75, 3.05) is 26.3 Å². The van der Waals surface area contributed by atoms with Crippen LogP contribution in [-0.2, 0) is 16.6 Å². The van der Waals surface area contributed by atoms with Gasteiger partial charge in [-0.25, -0.2) is 10.0 Å². The van der Waals surface area contributed by atoms with Gasteiger partial charge < -0.3 is 9.30 Å². The average molecular weight is 359 g/mol. The highest BCUT2D eigenvalue weighted by atomic mass is 32.2. The van der Waals surface area contributed by atoms with Gasteiger partial charge in [0.25, 0.3) is 5.91 Å². The minimum absolute atomic E-state index is 0.0418. The highest BCUT2D eigenvalue weighted by Crippen LogP contribution is 2.35. The summed E-state index contributed by atoms with van der Waals surface area (Å²) in [4.78, 5) is 13.5. The number of hydrazine groups is 1. The number of aromatic nitrogens is 1. The van der Waals surface area contributed by atoms with Crippen molar-refractivity contribution < 1.29 is 9.53 Å². The molecular formula is C17H17N3O2S2. The predicted octanol–water partition coefficient (Wildman–Crippen LogP) is 2.63. The molecule has 1 aromatic carbocycles. The van der Waals surface area contributed by atoms with Crippen LogP contribution in [-0.4, -0.2) is 51.1 Å². The van der Waals surface area contributed by atoms with E-state index in [0.29, 0.717) is 35.5 Å². The minimum Gasteiger partial charge on any atom is -0.379 e. The predicted molar refractivity (Wildman–Crippen MR) is 100 cm³/mol. The molecule has 0 radical (unpaired) electrons. The van der Waals surface area contributed by atoms with Gasteiger partial charge in [-0.1, -0.05) is 42.2 Å². The highest BCUT2D eigenvalue weighted by Gasteiger charge is 2.37. The molecule has 4 rings (SSSR count). The first kappa shape index (κ1) is 15.8. The lowest BCUT2D eigenvalue weighted by Crippen LogP contribution is -2.50. The van der Waals surface area contributed by atoms with Gasteiger partial charge in [-0.2, -0.15) is 0 Å². The fourth-order valence-corrected chi connectivity index (χ4v) is 4.39. The zero-order valence-corrected chi connectivity index (χ0v) is 14.9. The molecule has 0 bridgehead atoms.